The molecule has 3 aromatic heterocycles. The summed E-state index contributed by atoms with van der Waals surface area (Å²) in [6.07, 6.45) is 5.67. The van der Waals surface area contributed by atoms with Crippen molar-refractivity contribution in [1.29, 1.82) is 0 Å². The molecule has 4 rings (SSSR count). The topological polar surface area (TPSA) is 80.3 Å². The third kappa shape index (κ3) is 3.62. The molecule has 4 aromatic rings. The van der Waals surface area contributed by atoms with Crippen molar-refractivity contribution in [3.63, 3.8) is 0 Å². The lowest BCUT2D eigenvalue weighted by Crippen LogP contribution is -2.11. The summed E-state index contributed by atoms with van der Waals surface area (Å²) in [6, 6.07) is 7.90. The van der Waals surface area contributed by atoms with Gasteiger partial charge in [0.25, 0.3) is 0 Å². The molecule has 0 spiro atoms. The van der Waals surface area contributed by atoms with Crippen LogP contribution in [0.1, 0.15) is 17.2 Å². The van der Waals surface area contributed by atoms with Gasteiger partial charge in [-0.3, -0.25) is 4.98 Å². The van der Waals surface area contributed by atoms with Gasteiger partial charge in [0.05, 0.1) is 12.2 Å². The predicted octanol–water partition coefficient (Wildman–Crippen LogP) is 4.01. The first kappa shape index (κ1) is 19.9. The number of fused-ring (bicyclic) bond motifs is 1. The number of H-pyrrole nitrogens is 1. The van der Waals surface area contributed by atoms with E-state index in [0.717, 1.165) is 17.2 Å². The second-order valence-electron chi connectivity index (χ2n) is 6.57. The number of aromatic nitrogens is 3. The third-order valence-electron chi connectivity index (χ3n) is 4.78. The highest BCUT2D eigenvalue weighted by Gasteiger charge is 2.27. The molecule has 0 fully saturated rings. The molecule has 30 heavy (non-hydrogen) atoms. The van der Waals surface area contributed by atoms with Gasteiger partial charge in [-0.2, -0.15) is 0 Å². The Morgan fingerprint density at radius 2 is 2.03 bits per heavy atom. The first-order valence-corrected chi connectivity index (χ1v) is 9.25. The van der Waals surface area contributed by atoms with E-state index in [0.29, 0.717) is 16.6 Å². The van der Waals surface area contributed by atoms with Crippen LogP contribution >= 0.6 is 0 Å². The maximum absolute atomic E-state index is 15.1. The molecule has 2 N–H and O–H groups in total. The number of nitrogens with zero attached hydrogens (tertiary/aromatic N) is 2. The van der Waals surface area contributed by atoms with Gasteiger partial charge in [0.2, 0.25) is 0 Å². The number of methoxy groups -OCH3 is 1. The predicted molar refractivity (Wildman–Crippen MR) is 107 cm³/mol. The van der Waals surface area contributed by atoms with Crippen LogP contribution in [0.2, 0.25) is 0 Å². The molecule has 3 heterocycles. The SMILES string of the molecule is COC(c1c(F)ccc(OCCO)c1F)c1c[nH]c2ncc(-c3cccnc3)cc12. The van der Waals surface area contributed by atoms with Gasteiger partial charge in [-0.25, -0.2) is 13.8 Å². The van der Waals surface area contributed by atoms with Crippen molar-refractivity contribution in [1.82, 2.24) is 15.0 Å². The van der Waals surface area contributed by atoms with E-state index in [2.05, 4.69) is 15.0 Å². The Morgan fingerprint density at radius 3 is 2.77 bits per heavy atom. The lowest BCUT2D eigenvalue weighted by atomic mass is 9.98. The highest BCUT2D eigenvalue weighted by atomic mass is 19.1. The van der Waals surface area contributed by atoms with Crippen LogP contribution in [0.3, 0.4) is 0 Å². The molecule has 1 unspecified atom stereocenters. The van der Waals surface area contributed by atoms with Gasteiger partial charge in [0.15, 0.2) is 11.6 Å². The molecule has 0 saturated heterocycles. The van der Waals surface area contributed by atoms with E-state index in [1.165, 1.54) is 13.2 Å². The summed E-state index contributed by atoms with van der Waals surface area (Å²) in [7, 11) is 1.38. The molecule has 0 saturated carbocycles. The number of rotatable bonds is 7. The fourth-order valence-corrected chi connectivity index (χ4v) is 3.39. The summed E-state index contributed by atoms with van der Waals surface area (Å²) in [6.45, 7) is -0.393. The lowest BCUT2D eigenvalue weighted by Gasteiger charge is -2.19. The summed E-state index contributed by atoms with van der Waals surface area (Å²) in [5.74, 6) is -1.79. The molecule has 0 amide bonds. The minimum atomic E-state index is -1.04. The Hall–Kier alpha value is -3.36. The molecule has 0 radical (unpaired) electrons. The highest BCUT2D eigenvalue weighted by molar-refractivity contribution is 5.85. The van der Waals surface area contributed by atoms with Gasteiger partial charge >= 0.3 is 0 Å². The highest BCUT2D eigenvalue weighted by Crippen LogP contribution is 2.37. The average molecular weight is 411 g/mol. The summed E-state index contributed by atoms with van der Waals surface area (Å²) >= 11 is 0. The number of halogens is 2. The van der Waals surface area contributed by atoms with E-state index in [1.807, 2.05) is 18.2 Å². The van der Waals surface area contributed by atoms with E-state index in [9.17, 15) is 4.39 Å². The zero-order valence-corrected chi connectivity index (χ0v) is 16.1. The van der Waals surface area contributed by atoms with Crippen molar-refractivity contribution in [2.75, 3.05) is 20.3 Å². The van der Waals surface area contributed by atoms with Gasteiger partial charge in [-0.1, -0.05) is 6.07 Å². The fraction of sp³-hybridized carbons (Fsp3) is 0.182. The van der Waals surface area contributed by atoms with E-state index in [-0.39, 0.29) is 24.5 Å². The van der Waals surface area contributed by atoms with Gasteiger partial charge in [-0.05, 0) is 24.3 Å². The van der Waals surface area contributed by atoms with Gasteiger partial charge in [0, 0.05) is 54.0 Å². The zero-order valence-electron chi connectivity index (χ0n) is 16.1. The van der Waals surface area contributed by atoms with Crippen LogP contribution in [0.25, 0.3) is 22.2 Å². The van der Waals surface area contributed by atoms with E-state index in [1.54, 1.807) is 24.8 Å². The maximum atomic E-state index is 15.1. The number of aromatic amines is 1. The van der Waals surface area contributed by atoms with Crippen molar-refractivity contribution in [3.05, 3.63) is 77.9 Å². The normalized spacial score (nSPS) is 12.3. The fourth-order valence-electron chi connectivity index (χ4n) is 3.39. The van der Waals surface area contributed by atoms with Crippen molar-refractivity contribution >= 4 is 11.0 Å². The van der Waals surface area contributed by atoms with Crippen molar-refractivity contribution < 1.29 is 23.4 Å². The molecule has 0 aliphatic rings. The summed E-state index contributed by atoms with van der Waals surface area (Å²) in [5.41, 5.74) is 2.49. The number of hydrogen-bond acceptors (Lipinski definition) is 5. The van der Waals surface area contributed by atoms with Gasteiger partial charge in [-0.15, -0.1) is 0 Å². The Morgan fingerprint density at radius 1 is 1.17 bits per heavy atom. The monoisotopic (exact) mass is 411 g/mol. The zero-order chi connectivity index (χ0) is 21.1. The number of benzene rings is 1. The minimum Gasteiger partial charge on any atom is -0.488 e. The Kier molecular flexibility index (Phi) is 5.69. The largest absolute Gasteiger partial charge is 0.488 e. The molecule has 8 heteroatoms. The lowest BCUT2D eigenvalue weighted by molar-refractivity contribution is 0.129. The number of hydrogen-bond donors (Lipinski definition) is 2. The third-order valence-corrected chi connectivity index (χ3v) is 4.78. The number of nitrogens with one attached hydrogen (secondary N) is 1. The standard InChI is InChI=1S/C22H19F2N3O3/c1-29-21(19-17(23)4-5-18(20(19)24)30-8-7-28)16-12-27-22-15(16)9-14(11-26-22)13-3-2-6-25-10-13/h2-6,9-12,21,28H,7-8H2,1H3,(H,26,27). The van der Waals surface area contributed by atoms with Crippen LogP contribution in [0.4, 0.5) is 8.78 Å². The number of pyridine rings is 2. The van der Waals surface area contributed by atoms with Crippen LogP contribution in [-0.4, -0.2) is 40.4 Å². The molecule has 1 atom stereocenters. The quantitative estimate of drug-likeness (QED) is 0.480. The summed E-state index contributed by atoms with van der Waals surface area (Å²) < 4.78 is 40.4. The molecule has 154 valence electrons. The first-order chi connectivity index (χ1) is 14.6. The Bertz CT molecular complexity index is 1170. The van der Waals surface area contributed by atoms with Crippen molar-refractivity contribution in [2.45, 2.75) is 6.10 Å². The Labute approximate surface area is 171 Å². The first-order valence-electron chi connectivity index (χ1n) is 9.25. The summed E-state index contributed by atoms with van der Waals surface area (Å²) in [4.78, 5) is 11.6. The number of aliphatic hydroxyl groups is 1. The smallest absolute Gasteiger partial charge is 0.174 e. The Balaban J connectivity index is 1.83. The van der Waals surface area contributed by atoms with Crippen LogP contribution in [0, 0.1) is 11.6 Å². The van der Waals surface area contributed by atoms with Gasteiger partial charge < -0.3 is 19.6 Å². The average Bonchev–Trinajstić information content (AvgIpc) is 3.19. The molecular formula is C22H19F2N3O3. The van der Waals surface area contributed by atoms with Crippen LogP contribution in [-0.2, 0) is 4.74 Å². The van der Waals surface area contributed by atoms with Crippen molar-refractivity contribution in [3.8, 4) is 16.9 Å². The van der Waals surface area contributed by atoms with E-state index < -0.39 is 17.7 Å². The van der Waals surface area contributed by atoms with E-state index in [4.69, 9.17) is 14.6 Å². The maximum Gasteiger partial charge on any atom is 0.174 e. The number of ether oxygens (including phenoxy) is 2. The van der Waals surface area contributed by atoms with Gasteiger partial charge in [0.1, 0.15) is 24.2 Å². The number of aliphatic hydroxyl groups excluding tert-OH is 1. The van der Waals surface area contributed by atoms with Crippen LogP contribution < -0.4 is 4.74 Å². The molecular weight excluding hydrogens is 392 g/mol. The molecule has 0 aliphatic carbocycles. The molecule has 6 nitrogen and oxygen atoms in total. The molecule has 1 aromatic carbocycles. The molecule has 0 aliphatic heterocycles. The molecule has 0 bridgehead atoms. The van der Waals surface area contributed by atoms with E-state index >= 15 is 4.39 Å². The van der Waals surface area contributed by atoms with Crippen LogP contribution in [0.5, 0.6) is 5.75 Å². The van der Waals surface area contributed by atoms with Crippen LogP contribution in [0.15, 0.2) is 55.1 Å². The van der Waals surface area contributed by atoms with Crippen molar-refractivity contribution in [2.24, 2.45) is 0 Å². The second-order valence-corrected chi connectivity index (χ2v) is 6.57. The second kappa shape index (κ2) is 8.56. The minimum absolute atomic E-state index is 0.106. The summed E-state index contributed by atoms with van der Waals surface area (Å²) in [5, 5.41) is 9.59.